The number of carbonyl (C=O) groups excluding carboxylic acids is 1. The number of pyridine rings is 1. The van der Waals surface area contributed by atoms with Crippen molar-refractivity contribution in [3.63, 3.8) is 0 Å². The number of hydrogen-bond acceptors (Lipinski definition) is 5. The molecule has 1 atom stereocenters. The Kier molecular flexibility index (Phi) is 3.77. The van der Waals surface area contributed by atoms with Crippen molar-refractivity contribution in [2.75, 3.05) is 0 Å². The van der Waals surface area contributed by atoms with E-state index >= 15 is 0 Å². The molecule has 2 aromatic heterocycles. The van der Waals surface area contributed by atoms with E-state index in [-0.39, 0.29) is 11.9 Å². The van der Waals surface area contributed by atoms with Gasteiger partial charge in [-0.3, -0.25) is 9.78 Å². The molecule has 6 nitrogen and oxygen atoms in total. The van der Waals surface area contributed by atoms with E-state index in [0.717, 1.165) is 42.8 Å². The number of fused-ring (bicyclic) bond motifs is 1. The molecule has 1 fully saturated rings. The molecule has 0 aliphatic heterocycles. The van der Waals surface area contributed by atoms with E-state index in [2.05, 4.69) is 32.6 Å². The van der Waals surface area contributed by atoms with Crippen molar-refractivity contribution < 1.29 is 9.32 Å². The third-order valence-electron chi connectivity index (χ3n) is 5.31. The lowest BCUT2D eigenvalue weighted by atomic mass is 10.0. The van der Waals surface area contributed by atoms with Gasteiger partial charge < -0.3 is 9.84 Å². The minimum Gasteiger partial charge on any atom is -0.345 e. The summed E-state index contributed by atoms with van der Waals surface area (Å²) < 4.78 is 5.37. The van der Waals surface area contributed by atoms with Gasteiger partial charge in [0.05, 0.1) is 6.04 Å². The maximum absolute atomic E-state index is 12.6. The summed E-state index contributed by atoms with van der Waals surface area (Å²) in [6.07, 6.45) is 5.78. The summed E-state index contributed by atoms with van der Waals surface area (Å²) >= 11 is 0. The molecule has 0 spiro atoms. The second-order valence-electron chi connectivity index (χ2n) is 7.39. The zero-order valence-corrected chi connectivity index (χ0v) is 15.1. The highest BCUT2D eigenvalue weighted by Crippen LogP contribution is 2.40. The molecule has 1 aromatic carbocycles. The largest absolute Gasteiger partial charge is 0.345 e. The second-order valence-corrected chi connectivity index (χ2v) is 7.39. The standard InChI is InChI=1S/C21H20N4O2/c1-12-10-16(8-9-22-12)20(26)23-18-7-5-14-11-15(4-6-17(14)18)19-24-21(27-25-19)13-2-3-13/h4,6,8-11,13,18H,2-3,5,7H2,1H3,(H,23,26). The molecule has 0 bridgehead atoms. The second kappa shape index (κ2) is 6.30. The normalized spacial score (nSPS) is 18.3. The van der Waals surface area contributed by atoms with Crippen molar-refractivity contribution in [2.24, 2.45) is 0 Å². The highest BCUT2D eigenvalue weighted by molar-refractivity contribution is 5.94. The molecule has 1 amide bonds. The van der Waals surface area contributed by atoms with Crippen molar-refractivity contribution in [3.8, 4) is 11.4 Å². The van der Waals surface area contributed by atoms with E-state index in [9.17, 15) is 4.79 Å². The van der Waals surface area contributed by atoms with Crippen molar-refractivity contribution in [3.05, 3.63) is 64.8 Å². The number of hydrogen-bond donors (Lipinski definition) is 1. The van der Waals surface area contributed by atoms with Crippen molar-refractivity contribution in [1.82, 2.24) is 20.4 Å². The van der Waals surface area contributed by atoms with E-state index in [0.29, 0.717) is 17.3 Å². The first kappa shape index (κ1) is 16.2. The monoisotopic (exact) mass is 360 g/mol. The van der Waals surface area contributed by atoms with Gasteiger partial charge in [-0.25, -0.2) is 0 Å². The summed E-state index contributed by atoms with van der Waals surface area (Å²) in [4.78, 5) is 21.2. The lowest BCUT2D eigenvalue weighted by molar-refractivity contribution is 0.0936. The average Bonchev–Trinajstić information content (AvgIpc) is 3.27. The van der Waals surface area contributed by atoms with Crippen LogP contribution in [-0.2, 0) is 6.42 Å². The average molecular weight is 360 g/mol. The molecule has 1 saturated carbocycles. The predicted octanol–water partition coefficient (Wildman–Crippen LogP) is 3.73. The van der Waals surface area contributed by atoms with E-state index in [1.165, 1.54) is 11.1 Å². The molecule has 2 aliphatic rings. The van der Waals surface area contributed by atoms with Crippen molar-refractivity contribution >= 4 is 5.91 Å². The Morgan fingerprint density at radius 2 is 2.07 bits per heavy atom. The molecular weight excluding hydrogens is 340 g/mol. The van der Waals surface area contributed by atoms with Crippen LogP contribution >= 0.6 is 0 Å². The minimum atomic E-state index is -0.0605. The van der Waals surface area contributed by atoms with E-state index in [1.54, 1.807) is 12.3 Å². The van der Waals surface area contributed by atoms with Gasteiger partial charge in [-0.2, -0.15) is 4.98 Å². The van der Waals surface area contributed by atoms with E-state index in [4.69, 9.17) is 4.52 Å². The summed E-state index contributed by atoms with van der Waals surface area (Å²) in [5, 5.41) is 7.28. The predicted molar refractivity (Wildman–Crippen MR) is 99.2 cm³/mol. The van der Waals surface area contributed by atoms with Crippen molar-refractivity contribution in [2.45, 2.75) is 44.6 Å². The lowest BCUT2D eigenvalue weighted by Crippen LogP contribution is -2.27. The molecule has 2 aliphatic carbocycles. The van der Waals surface area contributed by atoms with Crippen LogP contribution in [0.4, 0.5) is 0 Å². The summed E-state index contributed by atoms with van der Waals surface area (Å²) in [6.45, 7) is 1.88. The van der Waals surface area contributed by atoms with Gasteiger partial charge in [0.2, 0.25) is 11.7 Å². The number of amides is 1. The van der Waals surface area contributed by atoms with Crippen LogP contribution in [0.5, 0.6) is 0 Å². The Morgan fingerprint density at radius 3 is 2.89 bits per heavy atom. The maximum Gasteiger partial charge on any atom is 0.251 e. The highest BCUT2D eigenvalue weighted by atomic mass is 16.5. The van der Waals surface area contributed by atoms with Gasteiger partial charge in [-0.05, 0) is 61.9 Å². The number of nitrogens with zero attached hydrogens (tertiary/aromatic N) is 3. The molecule has 0 saturated heterocycles. The van der Waals surface area contributed by atoms with Gasteiger partial charge in [0.15, 0.2) is 0 Å². The van der Waals surface area contributed by atoms with Crippen molar-refractivity contribution in [1.29, 1.82) is 0 Å². The Balaban J connectivity index is 1.35. The smallest absolute Gasteiger partial charge is 0.251 e. The van der Waals surface area contributed by atoms with E-state index < -0.39 is 0 Å². The molecule has 1 unspecified atom stereocenters. The molecule has 3 aromatic rings. The zero-order valence-electron chi connectivity index (χ0n) is 15.1. The van der Waals surface area contributed by atoms with Crippen LogP contribution in [0.1, 0.15) is 64.3 Å². The molecule has 6 heteroatoms. The molecule has 136 valence electrons. The Bertz CT molecular complexity index is 1020. The van der Waals surface area contributed by atoms with Gasteiger partial charge in [0.1, 0.15) is 0 Å². The van der Waals surface area contributed by atoms with Crippen LogP contribution in [0.2, 0.25) is 0 Å². The highest BCUT2D eigenvalue weighted by Gasteiger charge is 2.30. The summed E-state index contributed by atoms with van der Waals surface area (Å²) in [7, 11) is 0. The minimum absolute atomic E-state index is 0.0299. The van der Waals surface area contributed by atoms with Crippen LogP contribution in [-0.4, -0.2) is 21.0 Å². The summed E-state index contributed by atoms with van der Waals surface area (Å²) in [6, 6.07) is 9.80. The first-order valence-electron chi connectivity index (χ1n) is 9.38. The fraction of sp³-hybridized carbons (Fsp3) is 0.333. The third kappa shape index (κ3) is 3.12. The summed E-state index contributed by atoms with van der Waals surface area (Å²) in [5.74, 6) is 1.80. The lowest BCUT2D eigenvalue weighted by Gasteiger charge is -2.14. The molecule has 1 N–H and O–H groups in total. The summed E-state index contributed by atoms with van der Waals surface area (Å²) in [5.41, 5.74) is 4.86. The quantitative estimate of drug-likeness (QED) is 0.767. The Morgan fingerprint density at radius 1 is 1.19 bits per heavy atom. The number of aromatic nitrogens is 3. The zero-order chi connectivity index (χ0) is 18.4. The van der Waals surface area contributed by atoms with Gasteiger partial charge >= 0.3 is 0 Å². The Hall–Kier alpha value is -3.02. The number of rotatable bonds is 4. The molecule has 27 heavy (non-hydrogen) atoms. The van der Waals surface area contributed by atoms with Gasteiger partial charge in [-0.15, -0.1) is 0 Å². The molecule has 5 rings (SSSR count). The van der Waals surface area contributed by atoms with Crippen LogP contribution in [0.15, 0.2) is 41.1 Å². The van der Waals surface area contributed by atoms with Gasteiger partial charge in [0.25, 0.3) is 5.91 Å². The molecule has 0 radical (unpaired) electrons. The van der Waals surface area contributed by atoms with Crippen LogP contribution in [0.3, 0.4) is 0 Å². The third-order valence-corrected chi connectivity index (χ3v) is 5.31. The van der Waals surface area contributed by atoms with Gasteiger partial charge in [-0.1, -0.05) is 17.3 Å². The number of nitrogens with one attached hydrogen (secondary N) is 1. The fourth-order valence-corrected chi connectivity index (χ4v) is 3.68. The van der Waals surface area contributed by atoms with Gasteiger partial charge in [0, 0.05) is 28.9 Å². The van der Waals surface area contributed by atoms with Crippen LogP contribution < -0.4 is 5.32 Å². The SMILES string of the molecule is Cc1cc(C(=O)NC2CCc3cc(-c4noc(C5CC5)n4)ccc32)ccn1. The fourth-order valence-electron chi connectivity index (χ4n) is 3.68. The number of aryl methyl sites for hydroxylation is 2. The maximum atomic E-state index is 12.6. The number of carbonyl (C=O) groups is 1. The topological polar surface area (TPSA) is 80.9 Å². The van der Waals surface area contributed by atoms with Crippen LogP contribution in [0.25, 0.3) is 11.4 Å². The first-order chi connectivity index (χ1) is 13.2. The number of benzene rings is 1. The van der Waals surface area contributed by atoms with E-state index in [1.807, 2.05) is 19.1 Å². The Labute approximate surface area is 157 Å². The van der Waals surface area contributed by atoms with Crippen LogP contribution in [0, 0.1) is 6.92 Å². The first-order valence-corrected chi connectivity index (χ1v) is 9.38. The molecular formula is C21H20N4O2. The molecule has 2 heterocycles.